The zero-order valence-corrected chi connectivity index (χ0v) is 13.9. The fourth-order valence-corrected chi connectivity index (χ4v) is 2.53. The predicted octanol–water partition coefficient (Wildman–Crippen LogP) is 1.71. The van der Waals surface area contributed by atoms with E-state index in [1.54, 1.807) is 6.07 Å². The SMILES string of the molecule is COCCNC(=O)COC(=O)c1cc(Br)cc(Br)c1N. The molecule has 0 unspecified atom stereocenters. The van der Waals surface area contributed by atoms with Crippen molar-refractivity contribution in [3.63, 3.8) is 0 Å². The second kappa shape index (κ2) is 8.23. The highest BCUT2D eigenvalue weighted by molar-refractivity contribution is 9.11. The van der Waals surface area contributed by atoms with Gasteiger partial charge in [0, 0.05) is 22.6 Å². The Labute approximate surface area is 133 Å². The molecule has 0 aliphatic carbocycles. The number of nitrogens with two attached hydrogens (primary N) is 1. The molecule has 0 saturated heterocycles. The van der Waals surface area contributed by atoms with Gasteiger partial charge in [-0.25, -0.2) is 4.79 Å². The Morgan fingerprint density at radius 3 is 2.70 bits per heavy atom. The van der Waals surface area contributed by atoms with Gasteiger partial charge in [-0.15, -0.1) is 0 Å². The number of amides is 1. The zero-order valence-electron chi connectivity index (χ0n) is 10.7. The van der Waals surface area contributed by atoms with Crippen LogP contribution in [0.5, 0.6) is 0 Å². The number of carbonyl (C=O) groups excluding carboxylic acids is 2. The lowest BCUT2D eigenvalue weighted by Gasteiger charge is -2.09. The van der Waals surface area contributed by atoms with Crippen molar-refractivity contribution in [3.8, 4) is 0 Å². The van der Waals surface area contributed by atoms with E-state index in [0.717, 1.165) is 0 Å². The molecule has 0 saturated carbocycles. The van der Waals surface area contributed by atoms with Crippen LogP contribution in [-0.4, -0.2) is 38.7 Å². The molecule has 0 aliphatic rings. The van der Waals surface area contributed by atoms with Gasteiger partial charge in [0.05, 0.1) is 17.9 Å². The molecule has 0 fully saturated rings. The summed E-state index contributed by atoms with van der Waals surface area (Å²) in [7, 11) is 1.53. The molecule has 6 nitrogen and oxygen atoms in total. The predicted molar refractivity (Wildman–Crippen MR) is 81.4 cm³/mol. The van der Waals surface area contributed by atoms with Crippen LogP contribution in [0.3, 0.4) is 0 Å². The van der Waals surface area contributed by atoms with E-state index in [9.17, 15) is 9.59 Å². The quantitative estimate of drug-likeness (QED) is 0.424. The summed E-state index contributed by atoms with van der Waals surface area (Å²) in [4.78, 5) is 23.2. The number of benzene rings is 1. The summed E-state index contributed by atoms with van der Waals surface area (Å²) in [5.74, 6) is -1.06. The molecule has 0 bridgehead atoms. The number of nitrogen functional groups attached to an aromatic ring is 1. The average Bonchev–Trinajstić information content (AvgIpc) is 2.40. The maximum absolute atomic E-state index is 11.9. The first-order valence-corrected chi connectivity index (χ1v) is 7.21. The van der Waals surface area contributed by atoms with Crippen LogP contribution < -0.4 is 11.1 Å². The van der Waals surface area contributed by atoms with Crippen molar-refractivity contribution >= 4 is 49.4 Å². The molecular formula is C12H14Br2N2O4. The largest absolute Gasteiger partial charge is 0.452 e. The number of rotatable bonds is 6. The fourth-order valence-electron chi connectivity index (χ4n) is 1.31. The van der Waals surface area contributed by atoms with Crippen molar-refractivity contribution in [3.05, 3.63) is 26.6 Å². The molecule has 0 aromatic heterocycles. The molecule has 1 amide bonds. The minimum Gasteiger partial charge on any atom is -0.452 e. The van der Waals surface area contributed by atoms with Gasteiger partial charge >= 0.3 is 5.97 Å². The van der Waals surface area contributed by atoms with Crippen molar-refractivity contribution in [2.75, 3.05) is 32.6 Å². The third-order valence-electron chi connectivity index (χ3n) is 2.28. The van der Waals surface area contributed by atoms with E-state index in [1.165, 1.54) is 13.2 Å². The Hall–Kier alpha value is -1.12. The van der Waals surface area contributed by atoms with Crippen molar-refractivity contribution in [1.82, 2.24) is 5.32 Å². The van der Waals surface area contributed by atoms with Gasteiger partial charge in [0.1, 0.15) is 0 Å². The number of carbonyl (C=O) groups is 2. The van der Waals surface area contributed by atoms with Crippen LogP contribution in [-0.2, 0) is 14.3 Å². The lowest BCUT2D eigenvalue weighted by atomic mass is 10.2. The number of nitrogens with one attached hydrogen (secondary N) is 1. The van der Waals surface area contributed by atoms with Gasteiger partial charge in [0.25, 0.3) is 5.91 Å². The first-order chi connectivity index (χ1) is 9.45. The minimum atomic E-state index is -0.661. The Kier molecular flexibility index (Phi) is 6.97. The molecule has 1 aromatic carbocycles. The minimum absolute atomic E-state index is 0.191. The molecule has 0 atom stereocenters. The molecule has 0 radical (unpaired) electrons. The van der Waals surface area contributed by atoms with Crippen LogP contribution in [0, 0.1) is 0 Å². The molecule has 3 N–H and O–H groups in total. The second-order valence-electron chi connectivity index (χ2n) is 3.77. The Morgan fingerprint density at radius 1 is 1.35 bits per heavy atom. The molecule has 0 heterocycles. The van der Waals surface area contributed by atoms with Crippen molar-refractivity contribution in [1.29, 1.82) is 0 Å². The highest BCUT2D eigenvalue weighted by atomic mass is 79.9. The van der Waals surface area contributed by atoms with Gasteiger partial charge in [-0.1, -0.05) is 15.9 Å². The van der Waals surface area contributed by atoms with Crippen LogP contribution in [0.2, 0.25) is 0 Å². The molecule has 0 aliphatic heterocycles. The van der Waals surface area contributed by atoms with Gasteiger partial charge in [-0.05, 0) is 28.1 Å². The van der Waals surface area contributed by atoms with Gasteiger partial charge in [-0.3, -0.25) is 4.79 Å². The summed E-state index contributed by atoms with van der Waals surface area (Å²) >= 11 is 6.48. The lowest BCUT2D eigenvalue weighted by molar-refractivity contribution is -0.124. The standard InChI is InChI=1S/C12H14Br2N2O4/c1-19-3-2-16-10(17)6-20-12(18)8-4-7(13)5-9(14)11(8)15/h4-5H,2-3,6,15H2,1H3,(H,16,17). The highest BCUT2D eigenvalue weighted by Crippen LogP contribution is 2.28. The molecule has 110 valence electrons. The Morgan fingerprint density at radius 2 is 2.05 bits per heavy atom. The molecular weight excluding hydrogens is 396 g/mol. The van der Waals surface area contributed by atoms with E-state index >= 15 is 0 Å². The molecule has 8 heteroatoms. The number of anilines is 1. The third-order valence-corrected chi connectivity index (χ3v) is 3.39. The van der Waals surface area contributed by atoms with Crippen LogP contribution >= 0.6 is 31.9 Å². The lowest BCUT2D eigenvalue weighted by Crippen LogP contribution is -2.31. The first kappa shape index (κ1) is 16.9. The topological polar surface area (TPSA) is 90.6 Å². The molecule has 1 rings (SSSR count). The number of ether oxygens (including phenoxy) is 2. The first-order valence-electron chi connectivity index (χ1n) is 5.63. The van der Waals surface area contributed by atoms with Crippen molar-refractivity contribution < 1.29 is 19.1 Å². The van der Waals surface area contributed by atoms with E-state index < -0.39 is 11.9 Å². The van der Waals surface area contributed by atoms with Crippen LogP contribution in [0.4, 0.5) is 5.69 Å². The summed E-state index contributed by atoms with van der Waals surface area (Å²) in [6.07, 6.45) is 0. The van der Waals surface area contributed by atoms with E-state index in [2.05, 4.69) is 37.2 Å². The summed E-state index contributed by atoms with van der Waals surface area (Å²) in [5.41, 5.74) is 6.22. The Balaban J connectivity index is 2.57. The van der Waals surface area contributed by atoms with Crippen LogP contribution in [0.25, 0.3) is 0 Å². The summed E-state index contributed by atoms with van der Waals surface area (Å²) in [5, 5.41) is 2.54. The third kappa shape index (κ3) is 5.10. The zero-order chi connectivity index (χ0) is 15.1. The van der Waals surface area contributed by atoms with Crippen molar-refractivity contribution in [2.24, 2.45) is 0 Å². The second-order valence-corrected chi connectivity index (χ2v) is 5.54. The van der Waals surface area contributed by atoms with Gasteiger partial charge in [0.2, 0.25) is 0 Å². The maximum Gasteiger partial charge on any atom is 0.340 e. The number of hydrogen-bond acceptors (Lipinski definition) is 5. The van der Waals surface area contributed by atoms with Gasteiger partial charge in [0.15, 0.2) is 6.61 Å². The van der Waals surface area contributed by atoms with E-state index in [1.807, 2.05) is 0 Å². The summed E-state index contributed by atoms with van der Waals surface area (Å²) in [6, 6.07) is 3.24. The van der Waals surface area contributed by atoms with E-state index in [-0.39, 0.29) is 17.9 Å². The monoisotopic (exact) mass is 408 g/mol. The maximum atomic E-state index is 11.9. The highest BCUT2D eigenvalue weighted by Gasteiger charge is 2.16. The van der Waals surface area contributed by atoms with Gasteiger partial charge < -0.3 is 20.5 Å². The normalized spacial score (nSPS) is 10.2. The molecule has 0 spiro atoms. The summed E-state index contributed by atoms with van der Waals surface area (Å²) < 4.78 is 10.9. The number of halogens is 2. The van der Waals surface area contributed by atoms with Crippen molar-refractivity contribution in [2.45, 2.75) is 0 Å². The molecule has 1 aromatic rings. The number of esters is 1. The summed E-state index contributed by atoms with van der Waals surface area (Å²) in [6.45, 7) is 0.384. The Bertz CT molecular complexity index is 508. The number of methoxy groups -OCH3 is 1. The van der Waals surface area contributed by atoms with Gasteiger partial charge in [-0.2, -0.15) is 0 Å². The number of hydrogen-bond donors (Lipinski definition) is 2. The van der Waals surface area contributed by atoms with E-state index in [0.29, 0.717) is 22.1 Å². The fraction of sp³-hybridized carbons (Fsp3) is 0.333. The average molecular weight is 410 g/mol. The van der Waals surface area contributed by atoms with Crippen LogP contribution in [0.15, 0.2) is 21.1 Å². The van der Waals surface area contributed by atoms with E-state index in [4.69, 9.17) is 15.2 Å². The molecule has 20 heavy (non-hydrogen) atoms. The van der Waals surface area contributed by atoms with Crippen LogP contribution in [0.1, 0.15) is 10.4 Å². The smallest absolute Gasteiger partial charge is 0.340 e.